The van der Waals surface area contributed by atoms with Crippen molar-refractivity contribution in [3.05, 3.63) is 0 Å². The molecule has 2 saturated heterocycles. The first-order valence-electron chi connectivity index (χ1n) is 10.3. The maximum Gasteiger partial charge on any atom is 0.530 e. The molecule has 0 aromatic heterocycles. The van der Waals surface area contributed by atoms with Gasteiger partial charge in [-0.25, -0.2) is 9.36 Å². The summed E-state index contributed by atoms with van der Waals surface area (Å²) in [5, 5.41) is 9.92. The van der Waals surface area contributed by atoms with Crippen LogP contribution in [0.15, 0.2) is 0 Å². The Bertz CT molecular complexity index is 626. The standard InChI is InChI=1S/C19H35O10P/c1-11(2)24-10-19(9-20)16(8-14(6)27-19)28-30(22,23)29-18(21)17-15(25-12(3)4)7-13(5)26-17/h11-17,20H,7-10H2,1-6H3,(H,22,23)/t13-,14-,15?,16+,17-,19+/m0/s1. The minimum Gasteiger partial charge on any atom is -0.393 e. The molecule has 30 heavy (non-hydrogen) atoms. The Morgan fingerprint density at radius 2 is 1.83 bits per heavy atom. The zero-order chi connectivity index (χ0) is 22.7. The highest BCUT2D eigenvalue weighted by Gasteiger charge is 2.52. The van der Waals surface area contributed by atoms with Crippen LogP contribution in [0.5, 0.6) is 0 Å². The Kier molecular flexibility index (Phi) is 8.87. The number of rotatable bonds is 10. The van der Waals surface area contributed by atoms with E-state index in [2.05, 4.69) is 0 Å². The van der Waals surface area contributed by atoms with Gasteiger partial charge in [0.15, 0.2) is 6.10 Å². The minimum absolute atomic E-state index is 0.0440. The molecule has 176 valence electrons. The molecule has 10 nitrogen and oxygen atoms in total. The van der Waals surface area contributed by atoms with E-state index in [0.717, 1.165) is 0 Å². The number of ether oxygens (including phenoxy) is 4. The SMILES string of the molecule is CC(C)OC[C@@]1(CO)O[C@@H](C)C[C@H]1OP(=O)(O)OC(=O)[C@H]1O[C@@H](C)CC1OC(C)C. The molecule has 0 amide bonds. The van der Waals surface area contributed by atoms with Gasteiger partial charge in [-0.1, -0.05) is 0 Å². The molecule has 2 aliphatic rings. The Labute approximate surface area is 177 Å². The lowest BCUT2D eigenvalue weighted by Gasteiger charge is -2.33. The van der Waals surface area contributed by atoms with Gasteiger partial charge in [-0.15, -0.1) is 0 Å². The molecular formula is C19H35O10P. The van der Waals surface area contributed by atoms with Crippen LogP contribution in [-0.4, -0.2) is 77.5 Å². The van der Waals surface area contributed by atoms with E-state index in [4.69, 9.17) is 28.0 Å². The third kappa shape index (κ3) is 6.71. The van der Waals surface area contributed by atoms with E-state index >= 15 is 0 Å². The monoisotopic (exact) mass is 454 g/mol. The van der Waals surface area contributed by atoms with Gasteiger partial charge in [0.2, 0.25) is 0 Å². The fourth-order valence-corrected chi connectivity index (χ4v) is 4.65. The fraction of sp³-hybridized carbons (Fsp3) is 0.947. The van der Waals surface area contributed by atoms with Crippen LogP contribution in [0.2, 0.25) is 0 Å². The van der Waals surface area contributed by atoms with E-state index in [1.54, 1.807) is 13.8 Å². The van der Waals surface area contributed by atoms with Crippen LogP contribution in [0.4, 0.5) is 0 Å². The molecular weight excluding hydrogens is 419 g/mol. The molecule has 0 saturated carbocycles. The van der Waals surface area contributed by atoms with Gasteiger partial charge in [0, 0.05) is 12.8 Å². The van der Waals surface area contributed by atoms with E-state index in [1.807, 2.05) is 27.7 Å². The predicted molar refractivity (Wildman–Crippen MR) is 106 cm³/mol. The summed E-state index contributed by atoms with van der Waals surface area (Å²) < 4.78 is 45.2. The lowest BCUT2D eigenvalue weighted by atomic mass is 9.98. The highest BCUT2D eigenvalue weighted by Crippen LogP contribution is 2.50. The van der Waals surface area contributed by atoms with E-state index in [9.17, 15) is 19.4 Å². The molecule has 0 bridgehead atoms. The van der Waals surface area contributed by atoms with E-state index < -0.39 is 44.3 Å². The van der Waals surface area contributed by atoms with Gasteiger partial charge in [0.1, 0.15) is 11.7 Å². The van der Waals surface area contributed by atoms with Crippen molar-refractivity contribution in [2.24, 2.45) is 0 Å². The number of phosphoric acid groups is 1. The smallest absolute Gasteiger partial charge is 0.393 e. The third-order valence-corrected chi connectivity index (χ3v) is 5.85. The average Bonchev–Trinajstić information content (AvgIpc) is 3.11. The maximum atomic E-state index is 12.6. The van der Waals surface area contributed by atoms with E-state index in [0.29, 0.717) is 6.42 Å². The second kappa shape index (κ2) is 10.4. The van der Waals surface area contributed by atoms with Gasteiger partial charge in [-0.05, 0) is 41.5 Å². The predicted octanol–water partition coefficient (Wildman–Crippen LogP) is 1.95. The van der Waals surface area contributed by atoms with E-state index in [1.165, 1.54) is 0 Å². The zero-order valence-electron chi connectivity index (χ0n) is 18.5. The number of aliphatic hydroxyl groups is 1. The first kappa shape index (κ1) is 25.7. The van der Waals surface area contributed by atoms with Crippen LogP contribution < -0.4 is 0 Å². The fourth-order valence-electron chi connectivity index (χ4n) is 3.68. The summed E-state index contributed by atoms with van der Waals surface area (Å²) in [6.07, 6.45) is -2.95. The van der Waals surface area contributed by atoms with Crippen molar-refractivity contribution < 1.29 is 47.4 Å². The van der Waals surface area contributed by atoms with Crippen LogP contribution in [-0.2, 0) is 37.4 Å². The van der Waals surface area contributed by atoms with Crippen molar-refractivity contribution in [1.82, 2.24) is 0 Å². The Morgan fingerprint density at radius 1 is 1.17 bits per heavy atom. The summed E-state index contributed by atoms with van der Waals surface area (Å²) in [7, 11) is -4.83. The molecule has 7 atom stereocenters. The first-order valence-corrected chi connectivity index (χ1v) is 11.8. The number of phosphoric ester groups is 1. The van der Waals surface area contributed by atoms with Crippen molar-refractivity contribution in [3.8, 4) is 0 Å². The number of hydrogen-bond acceptors (Lipinski definition) is 9. The summed E-state index contributed by atoms with van der Waals surface area (Å²) >= 11 is 0. The zero-order valence-corrected chi connectivity index (χ0v) is 19.4. The highest BCUT2D eigenvalue weighted by molar-refractivity contribution is 7.48. The highest BCUT2D eigenvalue weighted by atomic mass is 31.2. The Balaban J connectivity index is 2.07. The molecule has 0 aliphatic carbocycles. The number of hydrogen-bond donors (Lipinski definition) is 2. The summed E-state index contributed by atoms with van der Waals surface area (Å²) in [4.78, 5) is 22.8. The van der Waals surface area contributed by atoms with Crippen LogP contribution in [0.25, 0.3) is 0 Å². The Morgan fingerprint density at radius 3 is 2.40 bits per heavy atom. The van der Waals surface area contributed by atoms with Gasteiger partial charge in [-0.3, -0.25) is 9.42 Å². The number of carbonyl (C=O) groups is 1. The third-order valence-electron chi connectivity index (χ3n) is 4.92. The van der Waals surface area contributed by atoms with Gasteiger partial charge in [0.25, 0.3) is 0 Å². The van der Waals surface area contributed by atoms with Crippen molar-refractivity contribution in [2.45, 2.75) is 103 Å². The molecule has 11 heteroatoms. The Hall–Kier alpha value is -0.580. The van der Waals surface area contributed by atoms with Crippen LogP contribution in [0.3, 0.4) is 0 Å². The van der Waals surface area contributed by atoms with Crippen molar-refractivity contribution >= 4 is 13.8 Å². The molecule has 2 fully saturated rings. The van der Waals surface area contributed by atoms with Gasteiger partial charge in [0.05, 0.1) is 43.7 Å². The molecule has 0 spiro atoms. The molecule has 2 N–H and O–H groups in total. The van der Waals surface area contributed by atoms with Gasteiger partial charge >= 0.3 is 13.8 Å². The van der Waals surface area contributed by atoms with Gasteiger partial charge in [-0.2, -0.15) is 0 Å². The molecule has 2 heterocycles. The lowest BCUT2D eigenvalue weighted by Crippen LogP contribution is -2.49. The lowest BCUT2D eigenvalue weighted by molar-refractivity contribution is -0.160. The second-order valence-electron chi connectivity index (χ2n) is 8.55. The maximum absolute atomic E-state index is 12.6. The normalized spacial score (nSPS) is 36.4. The largest absolute Gasteiger partial charge is 0.530 e. The quantitative estimate of drug-likeness (QED) is 0.472. The molecule has 0 radical (unpaired) electrons. The summed E-state index contributed by atoms with van der Waals surface area (Å²) in [5.74, 6) is -1.03. The van der Waals surface area contributed by atoms with E-state index in [-0.39, 0.29) is 37.4 Å². The molecule has 0 aromatic rings. The minimum atomic E-state index is -4.83. The summed E-state index contributed by atoms with van der Waals surface area (Å²) in [6.45, 7) is 10.3. The second-order valence-corrected chi connectivity index (χ2v) is 9.88. The summed E-state index contributed by atoms with van der Waals surface area (Å²) in [6, 6.07) is 0. The molecule has 2 rings (SSSR count). The van der Waals surface area contributed by atoms with Crippen LogP contribution in [0.1, 0.15) is 54.4 Å². The van der Waals surface area contributed by atoms with Crippen molar-refractivity contribution in [1.29, 1.82) is 0 Å². The number of aliphatic hydroxyl groups excluding tert-OH is 1. The van der Waals surface area contributed by atoms with Gasteiger partial charge < -0.3 is 28.6 Å². The summed E-state index contributed by atoms with van der Waals surface area (Å²) in [5.41, 5.74) is -1.34. The van der Waals surface area contributed by atoms with Crippen molar-refractivity contribution in [3.63, 3.8) is 0 Å². The van der Waals surface area contributed by atoms with Crippen LogP contribution in [0, 0.1) is 0 Å². The molecule has 0 aromatic carbocycles. The molecule has 2 unspecified atom stereocenters. The first-order chi connectivity index (χ1) is 13.9. The number of carbonyl (C=O) groups excluding carboxylic acids is 1. The van der Waals surface area contributed by atoms with Crippen LogP contribution >= 0.6 is 7.82 Å². The topological polar surface area (TPSA) is 130 Å². The average molecular weight is 454 g/mol. The van der Waals surface area contributed by atoms with Crippen molar-refractivity contribution in [2.75, 3.05) is 13.2 Å². The molecule has 2 aliphatic heterocycles.